The minimum absolute atomic E-state index is 0.160. The third-order valence-corrected chi connectivity index (χ3v) is 2.75. The van der Waals surface area contributed by atoms with Crippen molar-refractivity contribution in [2.24, 2.45) is 5.73 Å². The van der Waals surface area contributed by atoms with Crippen LogP contribution >= 0.6 is 0 Å². The average Bonchev–Trinajstić information content (AvgIpc) is 2.65. The van der Waals surface area contributed by atoms with E-state index in [0.29, 0.717) is 12.1 Å². The van der Waals surface area contributed by atoms with E-state index in [9.17, 15) is 4.79 Å². The molecule has 0 radical (unpaired) electrons. The van der Waals surface area contributed by atoms with Crippen LogP contribution in [0.4, 0.5) is 0 Å². The number of fused-ring (bicyclic) bond motifs is 1. The van der Waals surface area contributed by atoms with Crippen LogP contribution in [0.3, 0.4) is 0 Å². The van der Waals surface area contributed by atoms with Gasteiger partial charge in [-0.2, -0.15) is 5.10 Å². The standard InChI is InChI=1S/C13H19N5O/c1-9-6-11-16-7-10(8-18(11)17-9)12(19)15-5-4-13(2,3)14/h6-8H,4-5,14H2,1-3H3,(H,15,19). The van der Waals surface area contributed by atoms with Crippen LogP contribution in [0.1, 0.15) is 36.3 Å². The largest absolute Gasteiger partial charge is 0.352 e. The highest BCUT2D eigenvalue weighted by molar-refractivity contribution is 5.93. The molecule has 0 aromatic carbocycles. The van der Waals surface area contributed by atoms with E-state index in [1.54, 1.807) is 16.9 Å². The molecule has 0 aliphatic carbocycles. The topological polar surface area (TPSA) is 85.3 Å². The molecule has 0 fully saturated rings. The van der Waals surface area contributed by atoms with Crippen LogP contribution in [0.15, 0.2) is 18.5 Å². The second-order valence-electron chi connectivity index (χ2n) is 5.43. The van der Waals surface area contributed by atoms with E-state index in [4.69, 9.17) is 5.73 Å². The predicted octanol–water partition coefficient (Wildman–Crippen LogP) is 0.895. The van der Waals surface area contributed by atoms with Crippen LogP contribution in [-0.4, -0.2) is 32.6 Å². The summed E-state index contributed by atoms with van der Waals surface area (Å²) in [5, 5.41) is 7.06. The number of rotatable bonds is 4. The molecule has 2 heterocycles. The smallest absolute Gasteiger partial charge is 0.254 e. The van der Waals surface area contributed by atoms with Crippen molar-refractivity contribution in [2.45, 2.75) is 32.7 Å². The van der Waals surface area contributed by atoms with Gasteiger partial charge in [0.1, 0.15) is 0 Å². The van der Waals surface area contributed by atoms with E-state index in [-0.39, 0.29) is 11.4 Å². The van der Waals surface area contributed by atoms with Gasteiger partial charge in [0.2, 0.25) is 0 Å². The molecule has 0 bridgehead atoms. The van der Waals surface area contributed by atoms with E-state index >= 15 is 0 Å². The van der Waals surface area contributed by atoms with Gasteiger partial charge < -0.3 is 11.1 Å². The fourth-order valence-electron chi connectivity index (χ4n) is 1.71. The summed E-state index contributed by atoms with van der Waals surface area (Å²) < 4.78 is 1.61. The molecule has 6 nitrogen and oxygen atoms in total. The zero-order valence-electron chi connectivity index (χ0n) is 11.5. The summed E-state index contributed by atoms with van der Waals surface area (Å²) in [7, 11) is 0. The molecule has 0 atom stereocenters. The Morgan fingerprint density at radius 2 is 2.26 bits per heavy atom. The first kappa shape index (κ1) is 13.5. The highest BCUT2D eigenvalue weighted by atomic mass is 16.1. The number of carbonyl (C=O) groups excluding carboxylic acids is 1. The SMILES string of the molecule is Cc1cc2ncc(C(=O)NCCC(C)(C)N)cn2n1. The van der Waals surface area contributed by atoms with Gasteiger partial charge in [0.05, 0.1) is 11.3 Å². The minimum atomic E-state index is -0.283. The Balaban J connectivity index is 2.04. The number of nitrogens with one attached hydrogen (secondary N) is 1. The van der Waals surface area contributed by atoms with Gasteiger partial charge in [0.15, 0.2) is 5.65 Å². The number of carbonyl (C=O) groups is 1. The number of nitrogens with zero attached hydrogens (tertiary/aromatic N) is 3. The summed E-state index contributed by atoms with van der Waals surface area (Å²) in [5.41, 5.74) is 7.67. The highest BCUT2D eigenvalue weighted by Gasteiger charge is 2.12. The fourth-order valence-corrected chi connectivity index (χ4v) is 1.71. The normalized spacial score (nSPS) is 11.8. The van der Waals surface area contributed by atoms with Crippen LogP contribution in [0.5, 0.6) is 0 Å². The van der Waals surface area contributed by atoms with E-state index in [0.717, 1.165) is 17.8 Å². The van der Waals surface area contributed by atoms with E-state index < -0.39 is 0 Å². The van der Waals surface area contributed by atoms with Crippen LogP contribution in [0.2, 0.25) is 0 Å². The predicted molar refractivity (Wildman–Crippen MR) is 72.9 cm³/mol. The molecular formula is C13H19N5O. The van der Waals surface area contributed by atoms with Gasteiger partial charge in [-0.05, 0) is 27.2 Å². The summed E-state index contributed by atoms with van der Waals surface area (Å²) in [6.07, 6.45) is 3.95. The second kappa shape index (κ2) is 4.97. The molecule has 1 amide bonds. The Morgan fingerprint density at radius 1 is 1.53 bits per heavy atom. The number of hydrogen-bond donors (Lipinski definition) is 2. The molecule has 0 saturated carbocycles. The van der Waals surface area contributed by atoms with Crippen molar-refractivity contribution in [3.8, 4) is 0 Å². The molecule has 19 heavy (non-hydrogen) atoms. The Labute approximate surface area is 112 Å². The zero-order chi connectivity index (χ0) is 14.0. The second-order valence-corrected chi connectivity index (χ2v) is 5.43. The monoisotopic (exact) mass is 261 g/mol. The van der Waals surface area contributed by atoms with E-state index in [1.165, 1.54) is 0 Å². The van der Waals surface area contributed by atoms with Gasteiger partial charge in [0, 0.05) is 30.5 Å². The maximum absolute atomic E-state index is 11.9. The summed E-state index contributed by atoms with van der Waals surface area (Å²) in [6, 6.07) is 1.86. The quantitative estimate of drug-likeness (QED) is 0.856. The van der Waals surface area contributed by atoms with Gasteiger partial charge in [-0.1, -0.05) is 0 Å². The Morgan fingerprint density at radius 3 is 2.95 bits per heavy atom. The maximum atomic E-state index is 11.9. The Hall–Kier alpha value is -1.95. The van der Waals surface area contributed by atoms with Gasteiger partial charge >= 0.3 is 0 Å². The summed E-state index contributed by atoms with van der Waals surface area (Å²) in [6.45, 7) is 6.29. The first-order chi connectivity index (χ1) is 8.85. The molecule has 2 aromatic rings. The molecule has 6 heteroatoms. The molecule has 2 aromatic heterocycles. The zero-order valence-corrected chi connectivity index (χ0v) is 11.5. The third-order valence-electron chi connectivity index (χ3n) is 2.75. The molecular weight excluding hydrogens is 242 g/mol. The molecule has 3 N–H and O–H groups in total. The summed E-state index contributed by atoms with van der Waals surface area (Å²) in [5.74, 6) is -0.160. The molecule has 102 valence electrons. The first-order valence-electron chi connectivity index (χ1n) is 6.24. The van der Waals surface area contributed by atoms with Gasteiger partial charge in [-0.25, -0.2) is 9.50 Å². The van der Waals surface area contributed by atoms with Crippen molar-refractivity contribution >= 4 is 11.6 Å². The lowest BCUT2D eigenvalue weighted by molar-refractivity contribution is 0.0950. The number of amides is 1. The first-order valence-corrected chi connectivity index (χ1v) is 6.24. The Kier molecular flexibility index (Phi) is 3.53. The van der Waals surface area contributed by atoms with Crippen molar-refractivity contribution < 1.29 is 4.79 Å². The molecule has 0 unspecified atom stereocenters. The summed E-state index contributed by atoms with van der Waals surface area (Å²) >= 11 is 0. The van der Waals surface area contributed by atoms with E-state index in [2.05, 4.69) is 15.4 Å². The van der Waals surface area contributed by atoms with Gasteiger partial charge in [-0.3, -0.25) is 4.79 Å². The molecule has 0 spiro atoms. The third kappa shape index (κ3) is 3.51. The number of hydrogen-bond acceptors (Lipinski definition) is 4. The minimum Gasteiger partial charge on any atom is -0.352 e. The lowest BCUT2D eigenvalue weighted by Gasteiger charge is -2.18. The highest BCUT2D eigenvalue weighted by Crippen LogP contribution is 2.05. The number of nitrogens with two attached hydrogens (primary N) is 1. The lowest BCUT2D eigenvalue weighted by Crippen LogP contribution is -2.37. The van der Waals surface area contributed by atoms with Crippen LogP contribution in [0, 0.1) is 6.92 Å². The van der Waals surface area contributed by atoms with Crippen molar-refractivity contribution in [3.63, 3.8) is 0 Å². The molecule has 0 aliphatic rings. The number of aromatic nitrogens is 3. The van der Waals surface area contributed by atoms with Gasteiger partial charge in [-0.15, -0.1) is 0 Å². The van der Waals surface area contributed by atoms with E-state index in [1.807, 2.05) is 26.8 Å². The Bertz CT molecular complexity index is 597. The lowest BCUT2D eigenvalue weighted by atomic mass is 10.0. The fraction of sp³-hybridized carbons (Fsp3) is 0.462. The van der Waals surface area contributed by atoms with Crippen molar-refractivity contribution in [2.75, 3.05) is 6.54 Å². The maximum Gasteiger partial charge on any atom is 0.254 e. The summed E-state index contributed by atoms with van der Waals surface area (Å²) in [4.78, 5) is 16.1. The molecule has 0 saturated heterocycles. The van der Waals surface area contributed by atoms with Crippen LogP contribution in [-0.2, 0) is 0 Å². The van der Waals surface area contributed by atoms with Crippen molar-refractivity contribution in [3.05, 3.63) is 29.7 Å². The van der Waals surface area contributed by atoms with Crippen molar-refractivity contribution in [1.82, 2.24) is 19.9 Å². The van der Waals surface area contributed by atoms with Crippen molar-refractivity contribution in [1.29, 1.82) is 0 Å². The average molecular weight is 261 g/mol. The van der Waals surface area contributed by atoms with Crippen LogP contribution in [0.25, 0.3) is 5.65 Å². The van der Waals surface area contributed by atoms with Crippen LogP contribution < -0.4 is 11.1 Å². The van der Waals surface area contributed by atoms with Gasteiger partial charge in [0.25, 0.3) is 5.91 Å². The molecule has 2 rings (SSSR count). The molecule has 0 aliphatic heterocycles. The number of aryl methyl sites for hydroxylation is 1.